The number of anilines is 2. The summed E-state index contributed by atoms with van der Waals surface area (Å²) in [6.45, 7) is 1.06. The van der Waals surface area contributed by atoms with Gasteiger partial charge >= 0.3 is 0 Å². The van der Waals surface area contributed by atoms with Gasteiger partial charge in [0.2, 0.25) is 0 Å². The lowest BCUT2D eigenvalue weighted by Crippen LogP contribution is -2.18. The zero-order valence-corrected chi connectivity index (χ0v) is 17.4. The summed E-state index contributed by atoms with van der Waals surface area (Å²) in [6, 6.07) is 21.4. The highest BCUT2D eigenvalue weighted by Crippen LogP contribution is 2.30. The Balaban J connectivity index is 1.33. The van der Waals surface area contributed by atoms with Crippen LogP contribution >= 0.6 is 11.3 Å². The van der Waals surface area contributed by atoms with Gasteiger partial charge in [-0.15, -0.1) is 11.3 Å². The van der Waals surface area contributed by atoms with Crippen molar-refractivity contribution in [2.24, 2.45) is 0 Å². The average molecular weight is 411 g/mol. The minimum Gasteiger partial charge on any atom is -0.339 e. The van der Waals surface area contributed by atoms with E-state index in [1.54, 1.807) is 17.7 Å². The highest BCUT2D eigenvalue weighted by Gasteiger charge is 2.11. The van der Waals surface area contributed by atoms with Crippen LogP contribution in [-0.2, 0) is 6.42 Å². The quantitative estimate of drug-likeness (QED) is 0.458. The number of nitrogens with one attached hydrogen (secondary N) is 2. The predicted octanol–water partition coefficient (Wildman–Crippen LogP) is 5.13. The van der Waals surface area contributed by atoms with Crippen LogP contribution in [0.2, 0.25) is 0 Å². The van der Waals surface area contributed by atoms with Gasteiger partial charge in [-0.25, -0.2) is 9.97 Å². The number of rotatable bonds is 4. The van der Waals surface area contributed by atoms with Crippen molar-refractivity contribution in [3.63, 3.8) is 0 Å². The van der Waals surface area contributed by atoms with Crippen LogP contribution in [0.25, 0.3) is 10.2 Å². The Morgan fingerprint density at radius 2 is 1.87 bits per heavy atom. The van der Waals surface area contributed by atoms with Crippen LogP contribution in [-0.4, -0.2) is 22.6 Å². The molecule has 3 heterocycles. The van der Waals surface area contributed by atoms with Crippen molar-refractivity contribution in [3.8, 4) is 11.8 Å². The fourth-order valence-electron chi connectivity index (χ4n) is 3.65. The second-order valence-corrected chi connectivity index (χ2v) is 8.50. The molecule has 2 aromatic carbocycles. The first-order chi connectivity index (χ1) is 14.8. The lowest BCUT2D eigenvalue weighted by molar-refractivity contribution is 0.749. The Labute approximate surface area is 180 Å². The fraction of sp³-hybridized carbons (Fsp3) is 0.200. The molecule has 0 bridgehead atoms. The molecule has 1 atom stereocenters. The largest absolute Gasteiger partial charge is 0.339 e. The SMILES string of the molecule is C(#C[C@H]1CCCN1)c1cc2ncnc(Nc3ccc(Cc4ccccc4)cc3)c2s1. The molecule has 148 valence electrons. The predicted molar refractivity (Wildman–Crippen MR) is 124 cm³/mol. The molecule has 0 amide bonds. The van der Waals surface area contributed by atoms with E-state index in [1.807, 2.05) is 6.07 Å². The van der Waals surface area contributed by atoms with Crippen LogP contribution in [0.4, 0.5) is 11.5 Å². The maximum absolute atomic E-state index is 4.47. The van der Waals surface area contributed by atoms with E-state index in [4.69, 9.17) is 0 Å². The zero-order valence-electron chi connectivity index (χ0n) is 16.6. The highest BCUT2D eigenvalue weighted by atomic mass is 32.1. The summed E-state index contributed by atoms with van der Waals surface area (Å²) in [7, 11) is 0. The number of aromatic nitrogens is 2. The molecule has 1 aliphatic rings. The van der Waals surface area contributed by atoms with Crippen LogP contribution in [0.1, 0.15) is 28.8 Å². The van der Waals surface area contributed by atoms with Gasteiger partial charge in [0, 0.05) is 5.69 Å². The van der Waals surface area contributed by atoms with Crippen molar-refractivity contribution in [1.82, 2.24) is 15.3 Å². The van der Waals surface area contributed by atoms with Crippen LogP contribution in [0.5, 0.6) is 0 Å². The number of benzene rings is 2. The molecule has 0 unspecified atom stereocenters. The Hall–Kier alpha value is -3.20. The van der Waals surface area contributed by atoms with E-state index in [2.05, 4.69) is 87.0 Å². The van der Waals surface area contributed by atoms with Crippen molar-refractivity contribution in [1.29, 1.82) is 0 Å². The van der Waals surface area contributed by atoms with Crippen LogP contribution in [0.15, 0.2) is 67.0 Å². The van der Waals surface area contributed by atoms with E-state index in [9.17, 15) is 0 Å². The number of hydrogen-bond acceptors (Lipinski definition) is 5. The number of thiophene rings is 1. The Bertz CT molecular complexity index is 1200. The van der Waals surface area contributed by atoms with E-state index in [1.165, 1.54) is 17.5 Å². The van der Waals surface area contributed by atoms with Gasteiger partial charge in [0.1, 0.15) is 6.33 Å². The van der Waals surface area contributed by atoms with Crippen LogP contribution < -0.4 is 10.6 Å². The molecule has 5 rings (SSSR count). The summed E-state index contributed by atoms with van der Waals surface area (Å²) in [6.07, 6.45) is 4.87. The summed E-state index contributed by atoms with van der Waals surface area (Å²) in [5.41, 5.74) is 4.55. The molecule has 0 aliphatic carbocycles. The van der Waals surface area contributed by atoms with Crippen molar-refractivity contribution < 1.29 is 0 Å². The maximum Gasteiger partial charge on any atom is 0.151 e. The van der Waals surface area contributed by atoms with E-state index in [-0.39, 0.29) is 0 Å². The molecule has 0 radical (unpaired) electrons. The van der Waals surface area contributed by atoms with E-state index >= 15 is 0 Å². The highest BCUT2D eigenvalue weighted by molar-refractivity contribution is 7.20. The van der Waals surface area contributed by atoms with Gasteiger partial charge in [0.15, 0.2) is 5.82 Å². The summed E-state index contributed by atoms with van der Waals surface area (Å²) < 4.78 is 1.04. The molecule has 2 aromatic heterocycles. The number of fused-ring (bicyclic) bond motifs is 1. The van der Waals surface area contributed by atoms with Crippen LogP contribution in [0.3, 0.4) is 0 Å². The van der Waals surface area contributed by atoms with E-state index in [0.717, 1.165) is 46.0 Å². The molecule has 1 aliphatic heterocycles. The second kappa shape index (κ2) is 8.66. The first kappa shape index (κ1) is 18.8. The third kappa shape index (κ3) is 4.35. The molecular weight excluding hydrogens is 388 g/mol. The molecule has 5 heteroatoms. The van der Waals surface area contributed by atoms with Gasteiger partial charge in [-0.3, -0.25) is 0 Å². The smallest absolute Gasteiger partial charge is 0.151 e. The summed E-state index contributed by atoms with van der Waals surface area (Å²) in [5.74, 6) is 7.47. The van der Waals surface area contributed by atoms with Crippen LogP contribution in [0, 0.1) is 11.8 Å². The van der Waals surface area contributed by atoms with Gasteiger partial charge in [-0.05, 0) is 55.1 Å². The van der Waals surface area contributed by atoms with Gasteiger partial charge < -0.3 is 10.6 Å². The first-order valence-electron chi connectivity index (χ1n) is 10.2. The minimum absolute atomic E-state index is 0.313. The third-order valence-electron chi connectivity index (χ3n) is 5.21. The molecule has 1 fully saturated rings. The molecule has 0 spiro atoms. The molecule has 4 nitrogen and oxygen atoms in total. The van der Waals surface area contributed by atoms with Crippen molar-refractivity contribution in [2.45, 2.75) is 25.3 Å². The second-order valence-electron chi connectivity index (χ2n) is 7.45. The van der Waals surface area contributed by atoms with Gasteiger partial charge in [0.25, 0.3) is 0 Å². The molecule has 4 aromatic rings. The maximum atomic E-state index is 4.47. The monoisotopic (exact) mass is 410 g/mol. The van der Waals surface area contributed by atoms with Crippen molar-refractivity contribution >= 4 is 33.1 Å². The summed E-state index contributed by atoms with van der Waals surface area (Å²) in [5, 5.41) is 6.86. The molecule has 30 heavy (non-hydrogen) atoms. The molecular formula is C25H22N4S. The molecule has 0 saturated carbocycles. The third-order valence-corrected chi connectivity index (χ3v) is 6.26. The number of hydrogen-bond donors (Lipinski definition) is 2. The molecule has 1 saturated heterocycles. The minimum atomic E-state index is 0.313. The fourth-order valence-corrected chi connectivity index (χ4v) is 4.56. The molecule has 2 N–H and O–H groups in total. The topological polar surface area (TPSA) is 49.8 Å². The van der Waals surface area contributed by atoms with Crippen molar-refractivity contribution in [3.05, 3.63) is 83.0 Å². The Kier molecular flexibility index (Phi) is 5.43. The van der Waals surface area contributed by atoms with Gasteiger partial charge in [-0.2, -0.15) is 0 Å². The van der Waals surface area contributed by atoms with E-state index < -0.39 is 0 Å². The van der Waals surface area contributed by atoms with Gasteiger partial charge in [0.05, 0.1) is 21.1 Å². The van der Waals surface area contributed by atoms with E-state index in [0.29, 0.717) is 6.04 Å². The standard InChI is InChI=1S/C25H22N4S/c1-2-5-18(6-3-1)15-19-8-10-21(11-9-19)29-25-24-23(27-17-28-25)16-22(30-24)13-12-20-7-4-14-26-20/h1-3,5-6,8-11,16-17,20,26H,4,7,14-15H2,(H,27,28,29)/t20-/m1/s1. The number of nitrogens with zero attached hydrogens (tertiary/aromatic N) is 2. The van der Waals surface area contributed by atoms with Crippen molar-refractivity contribution in [2.75, 3.05) is 11.9 Å². The first-order valence-corrected chi connectivity index (χ1v) is 11.0. The summed E-state index contributed by atoms with van der Waals surface area (Å²) in [4.78, 5) is 9.92. The Morgan fingerprint density at radius 1 is 1.03 bits per heavy atom. The lowest BCUT2D eigenvalue weighted by Gasteiger charge is -2.07. The lowest BCUT2D eigenvalue weighted by atomic mass is 10.0. The normalized spacial score (nSPS) is 15.7. The van der Waals surface area contributed by atoms with Gasteiger partial charge in [-0.1, -0.05) is 54.3 Å². The average Bonchev–Trinajstić information content (AvgIpc) is 3.44. The summed E-state index contributed by atoms with van der Waals surface area (Å²) >= 11 is 1.64. The zero-order chi connectivity index (χ0) is 20.2. The Morgan fingerprint density at radius 3 is 2.67 bits per heavy atom.